The van der Waals surface area contributed by atoms with Gasteiger partial charge in [-0.25, -0.2) is 9.07 Å². The molecule has 0 bridgehead atoms. The number of hydrogen-bond donors (Lipinski definition) is 1. The smallest absolute Gasteiger partial charge is 0.269 e. The summed E-state index contributed by atoms with van der Waals surface area (Å²) in [6.07, 6.45) is 1.36. The summed E-state index contributed by atoms with van der Waals surface area (Å²) in [7, 11) is 0. The molecule has 1 heterocycles. The average Bonchev–Trinajstić information content (AvgIpc) is 2.27. The van der Waals surface area contributed by atoms with Gasteiger partial charge in [0.15, 0.2) is 0 Å². The van der Waals surface area contributed by atoms with Crippen molar-refractivity contribution in [3.8, 4) is 0 Å². The molecule has 0 spiro atoms. The highest BCUT2D eigenvalue weighted by Gasteiger charge is 2.05. The van der Waals surface area contributed by atoms with Crippen LogP contribution in [0.15, 0.2) is 35.3 Å². The molecule has 0 fully saturated rings. The van der Waals surface area contributed by atoms with Crippen LogP contribution in [0.1, 0.15) is 5.56 Å². The summed E-state index contributed by atoms with van der Waals surface area (Å²) in [6, 6.07) is 5.21. The van der Waals surface area contributed by atoms with Crippen LogP contribution in [0.4, 0.5) is 10.1 Å². The Bertz CT molecular complexity index is 612. The fraction of sp³-hybridized carbons (Fsp3) is 0.0909. The van der Waals surface area contributed by atoms with Crippen molar-refractivity contribution in [1.29, 1.82) is 0 Å². The predicted molar refractivity (Wildman–Crippen MR) is 63.4 cm³/mol. The first-order valence-electron chi connectivity index (χ1n) is 4.83. The fourth-order valence-corrected chi connectivity index (χ4v) is 1.57. The van der Waals surface area contributed by atoms with Crippen LogP contribution in [0.5, 0.6) is 0 Å². The standard InChI is InChI=1S/C11H9ClFN3O/c12-10-2-1-8(13)3-7(10)6-16-11(17)4-9(14)5-15-16/h1-5H,6,14H2. The van der Waals surface area contributed by atoms with Crippen LogP contribution in [-0.4, -0.2) is 9.78 Å². The second-order valence-corrected chi connectivity index (χ2v) is 3.93. The average molecular weight is 254 g/mol. The molecule has 4 nitrogen and oxygen atoms in total. The molecule has 0 aliphatic heterocycles. The second kappa shape index (κ2) is 4.55. The summed E-state index contributed by atoms with van der Waals surface area (Å²) in [6.45, 7) is 0.107. The minimum absolute atomic E-state index is 0.107. The molecule has 0 saturated carbocycles. The largest absolute Gasteiger partial charge is 0.397 e. The lowest BCUT2D eigenvalue weighted by Gasteiger charge is -2.06. The molecular weight excluding hydrogens is 245 g/mol. The van der Waals surface area contributed by atoms with Crippen LogP contribution < -0.4 is 11.3 Å². The van der Waals surface area contributed by atoms with Gasteiger partial charge in [0.2, 0.25) is 0 Å². The molecular formula is C11H9ClFN3O. The maximum absolute atomic E-state index is 13.0. The fourth-order valence-electron chi connectivity index (χ4n) is 1.39. The lowest BCUT2D eigenvalue weighted by Crippen LogP contribution is -2.23. The van der Waals surface area contributed by atoms with Crippen LogP contribution in [0.25, 0.3) is 0 Å². The van der Waals surface area contributed by atoms with Crippen molar-refractivity contribution in [2.75, 3.05) is 5.73 Å². The van der Waals surface area contributed by atoms with Crippen molar-refractivity contribution >= 4 is 17.3 Å². The highest BCUT2D eigenvalue weighted by molar-refractivity contribution is 6.31. The molecule has 0 atom stereocenters. The van der Waals surface area contributed by atoms with E-state index < -0.39 is 5.82 Å². The first-order chi connectivity index (χ1) is 8.06. The highest BCUT2D eigenvalue weighted by atomic mass is 35.5. The number of halogens is 2. The molecule has 0 amide bonds. The Balaban J connectivity index is 2.38. The summed E-state index contributed by atoms with van der Waals surface area (Å²) in [5.41, 5.74) is 5.84. The molecule has 1 aromatic heterocycles. The SMILES string of the molecule is Nc1cnn(Cc2cc(F)ccc2Cl)c(=O)c1. The Labute approximate surface area is 101 Å². The molecule has 0 aliphatic rings. The van der Waals surface area contributed by atoms with Crippen molar-refractivity contribution in [2.45, 2.75) is 6.54 Å². The van der Waals surface area contributed by atoms with E-state index >= 15 is 0 Å². The van der Waals surface area contributed by atoms with Crippen LogP contribution >= 0.6 is 11.6 Å². The summed E-state index contributed by atoms with van der Waals surface area (Å²) >= 11 is 5.90. The minimum Gasteiger partial charge on any atom is -0.397 e. The number of benzene rings is 1. The zero-order valence-corrected chi connectivity index (χ0v) is 9.49. The molecule has 17 heavy (non-hydrogen) atoms. The van der Waals surface area contributed by atoms with Crippen LogP contribution in [0.2, 0.25) is 5.02 Å². The Morgan fingerprint density at radius 3 is 2.88 bits per heavy atom. The molecule has 2 rings (SSSR count). The maximum Gasteiger partial charge on any atom is 0.269 e. The molecule has 88 valence electrons. The zero-order chi connectivity index (χ0) is 12.4. The van der Waals surface area contributed by atoms with Gasteiger partial charge in [0.25, 0.3) is 5.56 Å². The number of aromatic nitrogens is 2. The lowest BCUT2D eigenvalue weighted by atomic mass is 10.2. The van der Waals surface area contributed by atoms with Gasteiger partial charge < -0.3 is 5.73 Å². The van der Waals surface area contributed by atoms with Crippen LogP contribution in [-0.2, 0) is 6.54 Å². The second-order valence-electron chi connectivity index (χ2n) is 3.52. The van der Waals surface area contributed by atoms with E-state index in [2.05, 4.69) is 5.10 Å². The monoisotopic (exact) mass is 253 g/mol. The van der Waals surface area contributed by atoms with Gasteiger partial charge in [0, 0.05) is 11.1 Å². The molecule has 6 heteroatoms. The maximum atomic E-state index is 13.0. The summed E-state index contributed by atoms with van der Waals surface area (Å²) in [4.78, 5) is 11.5. The number of nitrogens with zero attached hydrogens (tertiary/aromatic N) is 2. The molecule has 0 saturated heterocycles. The lowest BCUT2D eigenvalue weighted by molar-refractivity contribution is 0.611. The molecule has 0 unspecified atom stereocenters. The summed E-state index contributed by atoms with van der Waals surface area (Å²) < 4.78 is 14.2. The van der Waals surface area contributed by atoms with Gasteiger partial charge in [-0.05, 0) is 23.8 Å². The number of anilines is 1. The van der Waals surface area contributed by atoms with E-state index in [1.54, 1.807) is 0 Å². The predicted octanol–water partition coefficient (Wildman–Crippen LogP) is 1.67. The molecule has 2 aromatic rings. The molecule has 0 radical (unpaired) electrons. The van der Waals surface area contributed by atoms with Gasteiger partial charge >= 0.3 is 0 Å². The van der Waals surface area contributed by atoms with E-state index in [1.165, 1.54) is 30.5 Å². The molecule has 2 N–H and O–H groups in total. The number of nitrogens with two attached hydrogens (primary N) is 1. The Hall–Kier alpha value is -1.88. The van der Waals surface area contributed by atoms with E-state index in [9.17, 15) is 9.18 Å². The zero-order valence-electron chi connectivity index (χ0n) is 8.73. The van der Waals surface area contributed by atoms with Crippen molar-refractivity contribution in [1.82, 2.24) is 9.78 Å². The topological polar surface area (TPSA) is 60.9 Å². The summed E-state index contributed by atoms with van der Waals surface area (Å²) in [5, 5.41) is 4.23. The first-order valence-corrected chi connectivity index (χ1v) is 5.20. The Kier molecular flexibility index (Phi) is 3.10. The summed E-state index contributed by atoms with van der Waals surface area (Å²) in [5.74, 6) is -0.409. The van der Waals surface area contributed by atoms with Gasteiger partial charge in [-0.1, -0.05) is 11.6 Å². The molecule has 1 aromatic carbocycles. The van der Waals surface area contributed by atoms with Gasteiger partial charge in [-0.15, -0.1) is 0 Å². The van der Waals surface area contributed by atoms with Gasteiger partial charge in [-0.3, -0.25) is 4.79 Å². The van der Waals surface area contributed by atoms with Crippen LogP contribution in [0.3, 0.4) is 0 Å². The third kappa shape index (κ3) is 2.62. The Morgan fingerprint density at radius 1 is 1.41 bits per heavy atom. The van der Waals surface area contributed by atoms with Gasteiger partial charge in [0.1, 0.15) is 5.82 Å². The number of hydrogen-bond acceptors (Lipinski definition) is 3. The Morgan fingerprint density at radius 2 is 2.18 bits per heavy atom. The minimum atomic E-state index is -0.409. The van der Waals surface area contributed by atoms with Crippen molar-refractivity contribution in [2.24, 2.45) is 0 Å². The van der Waals surface area contributed by atoms with Crippen molar-refractivity contribution < 1.29 is 4.39 Å². The quantitative estimate of drug-likeness (QED) is 0.886. The van der Waals surface area contributed by atoms with E-state index in [1.807, 2.05) is 0 Å². The number of nitrogen functional groups attached to an aromatic ring is 1. The first kappa shape index (κ1) is 11.6. The van der Waals surface area contributed by atoms with E-state index in [4.69, 9.17) is 17.3 Å². The molecule has 0 aliphatic carbocycles. The number of rotatable bonds is 2. The van der Waals surface area contributed by atoms with E-state index in [-0.39, 0.29) is 17.8 Å². The van der Waals surface area contributed by atoms with Crippen LogP contribution in [0, 0.1) is 5.82 Å². The van der Waals surface area contributed by atoms with Crippen molar-refractivity contribution in [3.05, 3.63) is 57.2 Å². The third-order valence-electron chi connectivity index (χ3n) is 2.22. The van der Waals surface area contributed by atoms with Gasteiger partial charge in [-0.2, -0.15) is 5.10 Å². The highest BCUT2D eigenvalue weighted by Crippen LogP contribution is 2.17. The normalized spacial score (nSPS) is 10.5. The van der Waals surface area contributed by atoms with Crippen molar-refractivity contribution in [3.63, 3.8) is 0 Å². The third-order valence-corrected chi connectivity index (χ3v) is 2.59. The van der Waals surface area contributed by atoms with E-state index in [0.717, 1.165) is 4.68 Å². The van der Waals surface area contributed by atoms with Gasteiger partial charge in [0.05, 0.1) is 18.4 Å². The van der Waals surface area contributed by atoms with E-state index in [0.29, 0.717) is 10.6 Å².